The number of nitrogens with one attached hydrogen (secondary N) is 1. The zero-order valence-corrected chi connectivity index (χ0v) is 13.0. The maximum Gasteiger partial charge on any atom is 0.240 e. The standard InChI is InChI=1S/C16H24N2O3/c1-16(2)15(19)17-8-9-18(16)12-13-4-6-14(7-5-13)21-11-10-20-3/h4-7H,8-12H2,1-3H3,(H,17,19). The molecule has 1 aromatic rings. The highest BCUT2D eigenvalue weighted by Gasteiger charge is 2.37. The van der Waals surface area contributed by atoms with Crippen LogP contribution in [0.15, 0.2) is 24.3 Å². The average molecular weight is 292 g/mol. The molecule has 0 spiro atoms. The lowest BCUT2D eigenvalue weighted by Crippen LogP contribution is -2.61. The predicted molar refractivity (Wildman–Crippen MR) is 81.3 cm³/mol. The lowest BCUT2D eigenvalue weighted by molar-refractivity contribution is -0.135. The number of hydrogen-bond acceptors (Lipinski definition) is 4. The summed E-state index contributed by atoms with van der Waals surface area (Å²) >= 11 is 0. The Hall–Kier alpha value is -1.59. The highest BCUT2D eigenvalue weighted by Crippen LogP contribution is 2.21. The smallest absolute Gasteiger partial charge is 0.240 e. The van der Waals surface area contributed by atoms with Crippen LogP contribution in [0, 0.1) is 0 Å². The third kappa shape index (κ3) is 3.95. The van der Waals surface area contributed by atoms with Crippen molar-refractivity contribution < 1.29 is 14.3 Å². The summed E-state index contributed by atoms with van der Waals surface area (Å²) in [6, 6.07) is 8.01. The fraction of sp³-hybridized carbons (Fsp3) is 0.562. The van der Waals surface area contributed by atoms with Crippen LogP contribution in [0.25, 0.3) is 0 Å². The second kappa shape index (κ2) is 6.91. The molecule has 0 atom stereocenters. The van der Waals surface area contributed by atoms with Gasteiger partial charge in [-0.05, 0) is 31.5 Å². The molecule has 1 aliphatic heterocycles. The molecule has 1 aromatic carbocycles. The van der Waals surface area contributed by atoms with E-state index in [0.29, 0.717) is 19.8 Å². The molecule has 0 bridgehead atoms. The molecule has 0 radical (unpaired) electrons. The van der Waals surface area contributed by atoms with E-state index in [1.807, 2.05) is 38.1 Å². The molecule has 116 valence electrons. The van der Waals surface area contributed by atoms with Crippen molar-refractivity contribution in [3.8, 4) is 5.75 Å². The van der Waals surface area contributed by atoms with Crippen molar-refractivity contribution in [1.29, 1.82) is 0 Å². The third-order valence-corrected chi connectivity index (χ3v) is 3.87. The summed E-state index contributed by atoms with van der Waals surface area (Å²) in [7, 11) is 1.66. The van der Waals surface area contributed by atoms with Gasteiger partial charge in [-0.25, -0.2) is 0 Å². The van der Waals surface area contributed by atoms with Crippen molar-refractivity contribution in [2.24, 2.45) is 0 Å². The summed E-state index contributed by atoms with van der Waals surface area (Å²) in [4.78, 5) is 14.1. The first-order valence-electron chi connectivity index (χ1n) is 7.28. The SMILES string of the molecule is COCCOc1ccc(CN2CCNC(=O)C2(C)C)cc1. The van der Waals surface area contributed by atoms with Gasteiger partial charge in [-0.1, -0.05) is 12.1 Å². The van der Waals surface area contributed by atoms with Crippen molar-refractivity contribution in [3.05, 3.63) is 29.8 Å². The van der Waals surface area contributed by atoms with E-state index in [-0.39, 0.29) is 5.91 Å². The average Bonchev–Trinajstić information content (AvgIpc) is 2.46. The topological polar surface area (TPSA) is 50.8 Å². The van der Waals surface area contributed by atoms with Crippen molar-refractivity contribution in [2.45, 2.75) is 25.9 Å². The lowest BCUT2D eigenvalue weighted by atomic mass is 9.98. The Labute approximate surface area is 126 Å². The summed E-state index contributed by atoms with van der Waals surface area (Å²) in [6.07, 6.45) is 0. The highest BCUT2D eigenvalue weighted by molar-refractivity contribution is 5.86. The summed E-state index contributed by atoms with van der Waals surface area (Å²) in [6.45, 7) is 7.39. The largest absolute Gasteiger partial charge is 0.491 e. The molecule has 0 saturated carbocycles. The molecule has 0 aliphatic carbocycles. The maximum absolute atomic E-state index is 11.9. The quantitative estimate of drug-likeness (QED) is 0.806. The Balaban J connectivity index is 1.95. The van der Waals surface area contributed by atoms with Crippen LogP contribution in [0.1, 0.15) is 19.4 Å². The van der Waals surface area contributed by atoms with E-state index in [4.69, 9.17) is 9.47 Å². The predicted octanol–water partition coefficient (Wildman–Crippen LogP) is 1.42. The number of benzene rings is 1. The van der Waals surface area contributed by atoms with E-state index >= 15 is 0 Å². The molecule has 0 unspecified atom stereocenters. The second-order valence-electron chi connectivity index (χ2n) is 5.72. The number of methoxy groups -OCH3 is 1. The number of amides is 1. The molecule has 5 heteroatoms. The maximum atomic E-state index is 11.9. The molecule has 1 aliphatic rings. The van der Waals surface area contributed by atoms with Crippen molar-refractivity contribution >= 4 is 5.91 Å². The van der Waals surface area contributed by atoms with Crippen LogP contribution in [-0.2, 0) is 16.1 Å². The van der Waals surface area contributed by atoms with Gasteiger partial charge in [-0.15, -0.1) is 0 Å². The molecule has 2 rings (SSSR count). The number of hydrogen-bond donors (Lipinski definition) is 1. The van der Waals surface area contributed by atoms with E-state index in [0.717, 1.165) is 18.8 Å². The number of nitrogens with zero attached hydrogens (tertiary/aromatic N) is 1. The van der Waals surface area contributed by atoms with Gasteiger partial charge < -0.3 is 14.8 Å². The first kappa shape index (κ1) is 15.8. The fourth-order valence-electron chi connectivity index (χ4n) is 2.37. The zero-order valence-electron chi connectivity index (χ0n) is 13.0. The molecule has 1 N–H and O–H groups in total. The monoisotopic (exact) mass is 292 g/mol. The summed E-state index contributed by atoms with van der Waals surface area (Å²) < 4.78 is 10.5. The third-order valence-electron chi connectivity index (χ3n) is 3.87. The van der Waals surface area contributed by atoms with Crippen LogP contribution >= 0.6 is 0 Å². The second-order valence-corrected chi connectivity index (χ2v) is 5.72. The van der Waals surface area contributed by atoms with Gasteiger partial charge in [-0.3, -0.25) is 9.69 Å². The number of piperazine rings is 1. The van der Waals surface area contributed by atoms with Crippen molar-refractivity contribution in [2.75, 3.05) is 33.4 Å². The number of ether oxygens (including phenoxy) is 2. The molecule has 1 saturated heterocycles. The van der Waals surface area contributed by atoms with Gasteiger partial charge in [0, 0.05) is 26.7 Å². The van der Waals surface area contributed by atoms with Gasteiger partial charge in [0.1, 0.15) is 12.4 Å². The van der Waals surface area contributed by atoms with Gasteiger partial charge in [0.15, 0.2) is 0 Å². The van der Waals surface area contributed by atoms with E-state index in [1.54, 1.807) is 7.11 Å². The van der Waals surface area contributed by atoms with E-state index in [2.05, 4.69) is 10.2 Å². The van der Waals surface area contributed by atoms with Crippen LogP contribution in [0.4, 0.5) is 0 Å². The molecule has 1 fully saturated rings. The van der Waals surface area contributed by atoms with E-state index < -0.39 is 5.54 Å². The molecular weight excluding hydrogens is 268 g/mol. The minimum atomic E-state index is -0.466. The van der Waals surface area contributed by atoms with Crippen molar-refractivity contribution in [1.82, 2.24) is 10.2 Å². The molecular formula is C16H24N2O3. The minimum absolute atomic E-state index is 0.0910. The Bertz CT molecular complexity index is 471. The van der Waals surface area contributed by atoms with Crippen LogP contribution in [0.5, 0.6) is 5.75 Å². The number of carbonyl (C=O) groups excluding carboxylic acids is 1. The van der Waals surface area contributed by atoms with Gasteiger partial charge >= 0.3 is 0 Å². The van der Waals surface area contributed by atoms with Gasteiger partial charge in [-0.2, -0.15) is 0 Å². The van der Waals surface area contributed by atoms with E-state index in [9.17, 15) is 4.79 Å². The number of carbonyl (C=O) groups is 1. The first-order valence-corrected chi connectivity index (χ1v) is 7.28. The fourth-order valence-corrected chi connectivity index (χ4v) is 2.37. The van der Waals surface area contributed by atoms with Gasteiger partial charge in [0.05, 0.1) is 12.1 Å². The Kier molecular flexibility index (Phi) is 5.20. The summed E-state index contributed by atoms with van der Waals surface area (Å²) in [5.74, 6) is 0.930. The van der Waals surface area contributed by atoms with Crippen LogP contribution < -0.4 is 10.1 Å². The van der Waals surface area contributed by atoms with Crippen LogP contribution in [0.3, 0.4) is 0 Å². The molecule has 21 heavy (non-hydrogen) atoms. The van der Waals surface area contributed by atoms with Crippen LogP contribution in [-0.4, -0.2) is 49.8 Å². The van der Waals surface area contributed by atoms with Gasteiger partial charge in [0.2, 0.25) is 5.91 Å². The zero-order chi connectivity index (χ0) is 15.3. The number of rotatable bonds is 6. The normalized spacial score (nSPS) is 18.3. The molecule has 1 amide bonds. The summed E-state index contributed by atoms with van der Waals surface area (Å²) in [5.41, 5.74) is 0.711. The minimum Gasteiger partial charge on any atom is -0.491 e. The van der Waals surface area contributed by atoms with E-state index in [1.165, 1.54) is 5.56 Å². The Morgan fingerprint density at radius 3 is 2.62 bits per heavy atom. The lowest BCUT2D eigenvalue weighted by Gasteiger charge is -2.41. The van der Waals surface area contributed by atoms with Crippen LogP contribution in [0.2, 0.25) is 0 Å². The molecule has 1 heterocycles. The first-order chi connectivity index (χ1) is 10.0. The molecule has 0 aromatic heterocycles. The molecule has 5 nitrogen and oxygen atoms in total. The van der Waals surface area contributed by atoms with Gasteiger partial charge in [0.25, 0.3) is 0 Å². The Morgan fingerprint density at radius 1 is 1.24 bits per heavy atom. The van der Waals surface area contributed by atoms with Crippen molar-refractivity contribution in [3.63, 3.8) is 0 Å². The summed E-state index contributed by atoms with van der Waals surface area (Å²) in [5, 5.41) is 2.91. The Morgan fingerprint density at radius 2 is 1.95 bits per heavy atom. The highest BCUT2D eigenvalue weighted by atomic mass is 16.5.